The molecule has 0 saturated carbocycles. The summed E-state index contributed by atoms with van der Waals surface area (Å²) in [5.74, 6) is -0.413. The molecule has 3 rings (SSSR count). The van der Waals surface area contributed by atoms with Crippen molar-refractivity contribution in [3.63, 3.8) is 0 Å². The number of ketones is 1. The summed E-state index contributed by atoms with van der Waals surface area (Å²) < 4.78 is 2.06. The number of Topliss-reactive ketones (excluding diaryl/α,β-unsaturated/α-hetero) is 1. The van der Waals surface area contributed by atoms with Crippen LogP contribution in [-0.2, 0) is 20.6 Å². The van der Waals surface area contributed by atoms with E-state index < -0.39 is 11.2 Å². The van der Waals surface area contributed by atoms with Crippen LogP contribution in [0.5, 0.6) is 0 Å². The minimum absolute atomic E-state index is 0.0707. The molecular formula is C20H27N5O3. The van der Waals surface area contributed by atoms with Gasteiger partial charge < -0.3 is 5.73 Å². The summed E-state index contributed by atoms with van der Waals surface area (Å²) in [6.45, 7) is 4.34. The standard InChI is InChI=1S/C20H27N5O3/c1-22-18(21)17(19(27)23(2)20(22)28)16(26)14-25-10-6-9-24(11-12-25)13-15-7-4-3-5-8-15/h3-5,7-8H,6,9-14,21H2,1-2H3. The van der Waals surface area contributed by atoms with Crippen molar-refractivity contribution in [1.82, 2.24) is 18.9 Å². The second kappa shape index (κ2) is 8.53. The average Bonchev–Trinajstić information content (AvgIpc) is 2.91. The van der Waals surface area contributed by atoms with Gasteiger partial charge in [-0.1, -0.05) is 30.3 Å². The Morgan fingerprint density at radius 2 is 1.61 bits per heavy atom. The van der Waals surface area contributed by atoms with Crippen molar-refractivity contribution < 1.29 is 4.79 Å². The smallest absolute Gasteiger partial charge is 0.332 e. The predicted octanol–water partition coefficient (Wildman–Crippen LogP) is 0.0568. The molecule has 1 aromatic carbocycles. The number of nitrogen functional groups attached to an aromatic ring is 1. The third-order valence-corrected chi connectivity index (χ3v) is 5.29. The van der Waals surface area contributed by atoms with Crippen molar-refractivity contribution >= 4 is 11.6 Å². The van der Waals surface area contributed by atoms with Crippen LogP contribution in [-0.4, -0.2) is 57.4 Å². The van der Waals surface area contributed by atoms with Gasteiger partial charge in [0.2, 0.25) is 0 Å². The molecule has 0 radical (unpaired) electrons. The molecule has 1 aromatic heterocycles. The van der Waals surface area contributed by atoms with Crippen molar-refractivity contribution in [1.29, 1.82) is 0 Å². The number of nitrogens with zero attached hydrogens (tertiary/aromatic N) is 4. The summed E-state index contributed by atoms with van der Waals surface area (Å²) in [7, 11) is 2.82. The van der Waals surface area contributed by atoms with E-state index in [1.54, 1.807) is 0 Å². The number of hydrogen-bond donors (Lipinski definition) is 1. The molecule has 0 spiro atoms. The highest BCUT2D eigenvalue weighted by Crippen LogP contribution is 2.11. The van der Waals surface area contributed by atoms with Crippen LogP contribution in [0.3, 0.4) is 0 Å². The average molecular weight is 385 g/mol. The van der Waals surface area contributed by atoms with Crippen LogP contribution < -0.4 is 17.0 Å². The van der Waals surface area contributed by atoms with Crippen LogP contribution in [0.25, 0.3) is 0 Å². The molecule has 2 aromatic rings. The molecule has 0 aliphatic carbocycles. The van der Waals surface area contributed by atoms with Gasteiger partial charge in [-0.15, -0.1) is 0 Å². The number of nitrogens with two attached hydrogens (primary N) is 1. The van der Waals surface area contributed by atoms with Crippen molar-refractivity contribution in [3.8, 4) is 0 Å². The van der Waals surface area contributed by atoms with Crippen LogP contribution in [0.2, 0.25) is 0 Å². The number of rotatable bonds is 5. The summed E-state index contributed by atoms with van der Waals surface area (Å²) in [4.78, 5) is 41.5. The lowest BCUT2D eigenvalue weighted by molar-refractivity contribution is 0.0930. The topological polar surface area (TPSA) is 93.6 Å². The Bertz CT molecular complexity index is 964. The number of hydrogen-bond acceptors (Lipinski definition) is 6. The Hall–Kier alpha value is -2.71. The van der Waals surface area contributed by atoms with Gasteiger partial charge in [0.15, 0.2) is 5.78 Å². The molecule has 2 heterocycles. The molecule has 8 heteroatoms. The summed E-state index contributed by atoms with van der Waals surface area (Å²) in [6, 6.07) is 10.3. The predicted molar refractivity (Wildman–Crippen MR) is 108 cm³/mol. The van der Waals surface area contributed by atoms with Crippen LogP contribution in [0.4, 0.5) is 5.82 Å². The van der Waals surface area contributed by atoms with Crippen LogP contribution in [0.1, 0.15) is 22.3 Å². The normalized spacial score (nSPS) is 16.1. The fourth-order valence-electron chi connectivity index (χ4n) is 3.59. The summed E-state index contributed by atoms with van der Waals surface area (Å²) in [5.41, 5.74) is 5.90. The van der Waals surface area contributed by atoms with E-state index in [9.17, 15) is 14.4 Å². The molecule has 1 saturated heterocycles. The van der Waals surface area contributed by atoms with Crippen LogP contribution >= 0.6 is 0 Å². The Balaban J connectivity index is 1.67. The molecule has 1 fully saturated rings. The number of carbonyl (C=O) groups is 1. The fraction of sp³-hybridized carbons (Fsp3) is 0.450. The Labute approximate surface area is 163 Å². The molecule has 2 N–H and O–H groups in total. The van der Waals surface area contributed by atoms with Crippen molar-refractivity contribution in [2.75, 3.05) is 38.5 Å². The number of carbonyl (C=O) groups excluding carboxylic acids is 1. The lowest BCUT2D eigenvalue weighted by Gasteiger charge is -2.21. The lowest BCUT2D eigenvalue weighted by atomic mass is 10.1. The molecule has 1 aliphatic rings. The molecule has 1 aliphatic heterocycles. The molecular weight excluding hydrogens is 358 g/mol. The summed E-state index contributed by atoms with van der Waals surface area (Å²) in [5, 5.41) is 0. The van der Waals surface area contributed by atoms with Crippen molar-refractivity contribution in [3.05, 3.63) is 62.3 Å². The quantitative estimate of drug-likeness (QED) is 0.732. The van der Waals surface area contributed by atoms with Gasteiger partial charge in [-0.3, -0.25) is 28.5 Å². The molecule has 150 valence electrons. The molecule has 0 atom stereocenters. The van der Waals surface area contributed by atoms with E-state index in [-0.39, 0.29) is 23.7 Å². The van der Waals surface area contributed by atoms with Crippen LogP contribution in [0.15, 0.2) is 39.9 Å². The second-order valence-corrected chi connectivity index (χ2v) is 7.28. The number of aromatic nitrogens is 2. The van der Waals surface area contributed by atoms with E-state index in [0.717, 1.165) is 48.3 Å². The highest BCUT2D eigenvalue weighted by Gasteiger charge is 2.23. The fourth-order valence-corrected chi connectivity index (χ4v) is 3.59. The molecule has 0 unspecified atom stereocenters. The molecule has 28 heavy (non-hydrogen) atoms. The zero-order valence-corrected chi connectivity index (χ0v) is 16.4. The Morgan fingerprint density at radius 3 is 2.32 bits per heavy atom. The van der Waals surface area contributed by atoms with E-state index >= 15 is 0 Å². The maximum atomic E-state index is 12.8. The molecule has 0 amide bonds. The SMILES string of the molecule is Cn1c(N)c(C(=O)CN2CCCN(Cc3ccccc3)CC2)c(=O)n(C)c1=O. The van der Waals surface area contributed by atoms with Gasteiger partial charge in [0.05, 0.1) is 6.54 Å². The molecule has 0 bridgehead atoms. The van der Waals surface area contributed by atoms with E-state index in [4.69, 9.17) is 5.73 Å². The maximum absolute atomic E-state index is 12.8. The summed E-state index contributed by atoms with van der Waals surface area (Å²) in [6.07, 6.45) is 0.945. The van der Waals surface area contributed by atoms with Gasteiger partial charge >= 0.3 is 5.69 Å². The maximum Gasteiger partial charge on any atom is 0.332 e. The third kappa shape index (κ3) is 4.23. The first-order chi connectivity index (χ1) is 13.4. The first kappa shape index (κ1) is 20.0. The van der Waals surface area contributed by atoms with Gasteiger partial charge in [-0.2, -0.15) is 0 Å². The second-order valence-electron chi connectivity index (χ2n) is 7.28. The van der Waals surface area contributed by atoms with Crippen molar-refractivity contribution in [2.24, 2.45) is 14.1 Å². The Morgan fingerprint density at radius 1 is 0.964 bits per heavy atom. The van der Waals surface area contributed by atoms with E-state index in [0.29, 0.717) is 0 Å². The van der Waals surface area contributed by atoms with E-state index in [2.05, 4.69) is 21.9 Å². The zero-order chi connectivity index (χ0) is 20.3. The van der Waals surface area contributed by atoms with Crippen LogP contribution in [0, 0.1) is 0 Å². The van der Waals surface area contributed by atoms with Gasteiger partial charge in [0, 0.05) is 33.7 Å². The monoisotopic (exact) mass is 385 g/mol. The number of anilines is 1. The van der Waals surface area contributed by atoms with Gasteiger partial charge in [-0.05, 0) is 25.1 Å². The highest BCUT2D eigenvalue weighted by molar-refractivity contribution is 6.01. The number of benzene rings is 1. The van der Waals surface area contributed by atoms with E-state index in [1.807, 2.05) is 18.2 Å². The van der Waals surface area contributed by atoms with Crippen molar-refractivity contribution in [2.45, 2.75) is 13.0 Å². The Kier molecular flexibility index (Phi) is 6.11. The largest absolute Gasteiger partial charge is 0.384 e. The highest BCUT2D eigenvalue weighted by atomic mass is 16.2. The minimum Gasteiger partial charge on any atom is -0.384 e. The van der Waals surface area contributed by atoms with Gasteiger partial charge in [0.25, 0.3) is 5.56 Å². The lowest BCUT2D eigenvalue weighted by Crippen LogP contribution is -2.43. The summed E-state index contributed by atoms with van der Waals surface area (Å²) >= 11 is 0. The van der Waals surface area contributed by atoms with Gasteiger partial charge in [0.1, 0.15) is 11.4 Å². The van der Waals surface area contributed by atoms with E-state index in [1.165, 1.54) is 19.7 Å². The first-order valence-corrected chi connectivity index (χ1v) is 9.46. The third-order valence-electron chi connectivity index (χ3n) is 5.29. The zero-order valence-electron chi connectivity index (χ0n) is 16.4. The van der Waals surface area contributed by atoms with Gasteiger partial charge in [-0.25, -0.2) is 4.79 Å². The minimum atomic E-state index is -0.633. The molecule has 8 nitrogen and oxygen atoms in total. The first-order valence-electron chi connectivity index (χ1n) is 9.46.